The lowest BCUT2D eigenvalue weighted by molar-refractivity contribution is -0.00873. The second-order valence-corrected chi connectivity index (χ2v) is 5.76. The zero-order valence-electron chi connectivity index (χ0n) is 11.8. The molecule has 0 aromatic heterocycles. The van der Waals surface area contributed by atoms with E-state index in [1.165, 1.54) is 31.4 Å². The standard InChI is InChI=1S/C16H23FO2/c1-3-4-5-6-9-16(2)11-14(18)13-10-12(17)7-8-15(13)19-16/h7-8,10,14,18H,3-6,9,11H2,1-2H3/t14-,16?/m0/s1. The molecular weight excluding hydrogens is 243 g/mol. The zero-order valence-corrected chi connectivity index (χ0v) is 11.8. The van der Waals surface area contributed by atoms with Crippen LogP contribution >= 0.6 is 0 Å². The highest BCUT2D eigenvalue weighted by atomic mass is 19.1. The van der Waals surface area contributed by atoms with Crippen LogP contribution in [-0.2, 0) is 0 Å². The smallest absolute Gasteiger partial charge is 0.126 e. The van der Waals surface area contributed by atoms with Gasteiger partial charge in [-0.25, -0.2) is 4.39 Å². The molecule has 106 valence electrons. The van der Waals surface area contributed by atoms with E-state index in [1.54, 1.807) is 6.07 Å². The van der Waals surface area contributed by atoms with Gasteiger partial charge in [0, 0.05) is 12.0 Å². The fraction of sp³-hybridized carbons (Fsp3) is 0.625. The molecule has 2 nitrogen and oxygen atoms in total. The molecule has 0 bridgehead atoms. The molecule has 1 aromatic carbocycles. The molecule has 0 saturated carbocycles. The van der Waals surface area contributed by atoms with Gasteiger partial charge in [0.1, 0.15) is 17.2 Å². The first-order valence-electron chi connectivity index (χ1n) is 7.20. The zero-order chi connectivity index (χ0) is 13.9. The molecule has 1 unspecified atom stereocenters. The largest absolute Gasteiger partial charge is 0.487 e. The number of benzene rings is 1. The molecule has 2 rings (SSSR count). The van der Waals surface area contributed by atoms with E-state index >= 15 is 0 Å². The predicted molar refractivity (Wildman–Crippen MR) is 73.8 cm³/mol. The molecule has 1 aliphatic rings. The Labute approximate surface area is 114 Å². The monoisotopic (exact) mass is 266 g/mol. The number of hydrogen-bond donors (Lipinski definition) is 1. The fourth-order valence-electron chi connectivity index (χ4n) is 2.78. The lowest BCUT2D eigenvalue weighted by Crippen LogP contribution is -2.38. The number of ether oxygens (including phenoxy) is 1. The summed E-state index contributed by atoms with van der Waals surface area (Å²) in [4.78, 5) is 0. The van der Waals surface area contributed by atoms with Gasteiger partial charge in [0.15, 0.2) is 0 Å². The lowest BCUT2D eigenvalue weighted by atomic mass is 9.86. The van der Waals surface area contributed by atoms with Crippen LogP contribution in [0.2, 0.25) is 0 Å². The molecular formula is C16H23FO2. The summed E-state index contributed by atoms with van der Waals surface area (Å²) in [6.07, 6.45) is 5.59. The predicted octanol–water partition coefficient (Wildman–Crippen LogP) is 4.37. The van der Waals surface area contributed by atoms with Gasteiger partial charge in [-0.2, -0.15) is 0 Å². The average Bonchev–Trinajstić information content (AvgIpc) is 2.36. The van der Waals surface area contributed by atoms with Gasteiger partial charge in [-0.15, -0.1) is 0 Å². The number of hydrogen-bond acceptors (Lipinski definition) is 2. The fourth-order valence-corrected chi connectivity index (χ4v) is 2.78. The first-order chi connectivity index (χ1) is 9.04. The molecule has 0 amide bonds. The van der Waals surface area contributed by atoms with Gasteiger partial charge in [0.2, 0.25) is 0 Å². The highest BCUT2D eigenvalue weighted by Gasteiger charge is 2.36. The van der Waals surface area contributed by atoms with E-state index in [-0.39, 0.29) is 11.4 Å². The van der Waals surface area contributed by atoms with E-state index < -0.39 is 6.10 Å². The third-order valence-electron chi connectivity index (χ3n) is 3.87. The van der Waals surface area contributed by atoms with E-state index in [1.807, 2.05) is 6.92 Å². The Balaban J connectivity index is 2.04. The van der Waals surface area contributed by atoms with E-state index in [4.69, 9.17) is 4.74 Å². The van der Waals surface area contributed by atoms with Crippen molar-refractivity contribution in [2.75, 3.05) is 0 Å². The van der Waals surface area contributed by atoms with Crippen LogP contribution in [-0.4, -0.2) is 10.7 Å². The third-order valence-corrected chi connectivity index (χ3v) is 3.87. The third kappa shape index (κ3) is 3.47. The summed E-state index contributed by atoms with van der Waals surface area (Å²) in [5.74, 6) is 0.297. The summed E-state index contributed by atoms with van der Waals surface area (Å²) in [7, 11) is 0. The van der Waals surface area contributed by atoms with Crippen LogP contribution in [0.5, 0.6) is 5.75 Å². The number of halogens is 1. The van der Waals surface area contributed by atoms with Gasteiger partial charge in [-0.1, -0.05) is 26.2 Å². The summed E-state index contributed by atoms with van der Waals surface area (Å²) in [5, 5.41) is 10.2. The molecule has 19 heavy (non-hydrogen) atoms. The minimum atomic E-state index is -0.629. The van der Waals surface area contributed by atoms with Crippen molar-refractivity contribution in [3.05, 3.63) is 29.6 Å². The SMILES string of the molecule is CCCCCCC1(C)C[C@H](O)c2cc(F)ccc2O1. The normalized spacial score (nSPS) is 25.8. The molecule has 1 aliphatic heterocycles. The van der Waals surface area contributed by atoms with Gasteiger partial charge < -0.3 is 9.84 Å². The quantitative estimate of drug-likeness (QED) is 0.802. The van der Waals surface area contributed by atoms with Crippen LogP contribution < -0.4 is 4.74 Å². The Hall–Kier alpha value is -1.09. The molecule has 1 heterocycles. The topological polar surface area (TPSA) is 29.5 Å². The Bertz CT molecular complexity index is 433. The molecule has 0 aliphatic carbocycles. The first kappa shape index (κ1) is 14.3. The van der Waals surface area contributed by atoms with Crippen LogP contribution in [0.4, 0.5) is 4.39 Å². The summed E-state index contributed by atoms with van der Waals surface area (Å²) >= 11 is 0. The molecule has 3 heteroatoms. The Morgan fingerprint density at radius 2 is 2.16 bits per heavy atom. The van der Waals surface area contributed by atoms with Crippen molar-refractivity contribution >= 4 is 0 Å². The molecule has 2 atom stereocenters. The van der Waals surface area contributed by atoms with Crippen LogP contribution in [0.1, 0.15) is 64.0 Å². The molecule has 0 saturated heterocycles. The summed E-state index contributed by atoms with van der Waals surface area (Å²) in [5.41, 5.74) is 0.240. The number of unbranched alkanes of at least 4 members (excludes halogenated alkanes) is 3. The van der Waals surface area contributed by atoms with Crippen molar-refractivity contribution < 1.29 is 14.2 Å². The number of aliphatic hydroxyl groups excluding tert-OH is 1. The van der Waals surface area contributed by atoms with Crippen LogP contribution in [0.15, 0.2) is 18.2 Å². The van der Waals surface area contributed by atoms with Crippen molar-refractivity contribution in [1.82, 2.24) is 0 Å². The van der Waals surface area contributed by atoms with Crippen molar-refractivity contribution in [1.29, 1.82) is 0 Å². The molecule has 0 radical (unpaired) electrons. The van der Waals surface area contributed by atoms with E-state index in [2.05, 4.69) is 6.92 Å². The minimum absolute atomic E-state index is 0.326. The maximum atomic E-state index is 13.2. The molecule has 0 fully saturated rings. The van der Waals surface area contributed by atoms with Crippen LogP contribution in [0.25, 0.3) is 0 Å². The lowest BCUT2D eigenvalue weighted by Gasteiger charge is -2.38. The van der Waals surface area contributed by atoms with Gasteiger partial charge >= 0.3 is 0 Å². The average molecular weight is 266 g/mol. The van der Waals surface area contributed by atoms with Gasteiger partial charge in [-0.05, 0) is 38.0 Å². The Morgan fingerprint density at radius 3 is 2.89 bits per heavy atom. The van der Waals surface area contributed by atoms with E-state index in [9.17, 15) is 9.50 Å². The second-order valence-electron chi connectivity index (χ2n) is 5.76. The van der Waals surface area contributed by atoms with Gasteiger partial charge in [0.25, 0.3) is 0 Å². The number of fused-ring (bicyclic) bond motifs is 1. The van der Waals surface area contributed by atoms with Gasteiger partial charge in [-0.3, -0.25) is 0 Å². The molecule has 0 spiro atoms. The number of rotatable bonds is 5. The van der Waals surface area contributed by atoms with Crippen LogP contribution in [0, 0.1) is 5.82 Å². The van der Waals surface area contributed by atoms with Crippen molar-refractivity contribution in [2.24, 2.45) is 0 Å². The summed E-state index contributed by atoms with van der Waals surface area (Å²) in [6.45, 7) is 4.22. The molecule has 1 aromatic rings. The maximum Gasteiger partial charge on any atom is 0.126 e. The highest BCUT2D eigenvalue weighted by molar-refractivity contribution is 5.38. The Kier molecular flexibility index (Phi) is 4.46. The first-order valence-corrected chi connectivity index (χ1v) is 7.20. The second kappa shape index (κ2) is 5.91. The van der Waals surface area contributed by atoms with Crippen molar-refractivity contribution in [2.45, 2.75) is 64.1 Å². The molecule has 1 N–H and O–H groups in total. The van der Waals surface area contributed by atoms with E-state index in [0.29, 0.717) is 17.7 Å². The van der Waals surface area contributed by atoms with E-state index in [0.717, 1.165) is 12.8 Å². The number of aliphatic hydroxyl groups is 1. The highest BCUT2D eigenvalue weighted by Crippen LogP contribution is 2.41. The minimum Gasteiger partial charge on any atom is -0.487 e. The van der Waals surface area contributed by atoms with Gasteiger partial charge in [0.05, 0.1) is 6.10 Å². The Morgan fingerprint density at radius 1 is 1.37 bits per heavy atom. The van der Waals surface area contributed by atoms with Crippen molar-refractivity contribution in [3.63, 3.8) is 0 Å². The maximum absolute atomic E-state index is 13.2. The van der Waals surface area contributed by atoms with Crippen LogP contribution in [0.3, 0.4) is 0 Å². The van der Waals surface area contributed by atoms with Crippen molar-refractivity contribution in [3.8, 4) is 5.75 Å². The summed E-state index contributed by atoms with van der Waals surface area (Å²) in [6, 6.07) is 4.38. The summed E-state index contributed by atoms with van der Waals surface area (Å²) < 4.78 is 19.2.